The Morgan fingerprint density at radius 2 is 2.11 bits per heavy atom. The number of nitrogen functional groups attached to an aromatic ring is 1. The Balaban J connectivity index is 1.88. The number of nitrogens with two attached hydrogens (primary N) is 1. The SMILES string of the molecule is Cc1c(Cl)cnn1CCC(=O)Nc1ccc(N)cc1. The minimum atomic E-state index is -0.0733. The lowest BCUT2D eigenvalue weighted by Crippen LogP contribution is -2.15. The van der Waals surface area contributed by atoms with Gasteiger partial charge in [0.15, 0.2) is 0 Å². The summed E-state index contributed by atoms with van der Waals surface area (Å²) < 4.78 is 1.71. The molecule has 5 nitrogen and oxygen atoms in total. The predicted octanol–water partition coefficient (Wildman–Crippen LogP) is 2.46. The van der Waals surface area contributed by atoms with Crippen molar-refractivity contribution < 1.29 is 4.79 Å². The highest BCUT2D eigenvalue weighted by Gasteiger charge is 2.07. The summed E-state index contributed by atoms with van der Waals surface area (Å²) in [4.78, 5) is 11.8. The summed E-state index contributed by atoms with van der Waals surface area (Å²) in [6.45, 7) is 2.37. The summed E-state index contributed by atoms with van der Waals surface area (Å²) in [5, 5.41) is 7.50. The van der Waals surface area contributed by atoms with Crippen LogP contribution in [0.2, 0.25) is 5.02 Å². The van der Waals surface area contributed by atoms with Gasteiger partial charge in [0.05, 0.1) is 23.5 Å². The van der Waals surface area contributed by atoms with Gasteiger partial charge in [-0.1, -0.05) is 11.6 Å². The number of carbonyl (C=O) groups excluding carboxylic acids is 1. The van der Waals surface area contributed by atoms with Gasteiger partial charge in [0, 0.05) is 17.8 Å². The van der Waals surface area contributed by atoms with Crippen molar-refractivity contribution in [2.24, 2.45) is 0 Å². The number of benzene rings is 1. The summed E-state index contributed by atoms with van der Waals surface area (Å²) >= 11 is 5.89. The second-order valence-electron chi connectivity index (χ2n) is 4.22. The third-order valence-electron chi connectivity index (χ3n) is 2.79. The first-order valence-electron chi connectivity index (χ1n) is 5.89. The van der Waals surface area contributed by atoms with E-state index in [4.69, 9.17) is 17.3 Å². The van der Waals surface area contributed by atoms with Gasteiger partial charge in [0.2, 0.25) is 5.91 Å². The van der Waals surface area contributed by atoms with Crippen molar-refractivity contribution in [2.45, 2.75) is 19.9 Å². The molecule has 0 atom stereocenters. The Morgan fingerprint density at radius 3 is 2.68 bits per heavy atom. The van der Waals surface area contributed by atoms with Crippen LogP contribution >= 0.6 is 11.6 Å². The standard InChI is InChI=1S/C13H15ClN4O/c1-9-12(14)8-16-18(9)7-6-13(19)17-11-4-2-10(15)3-5-11/h2-5,8H,6-7,15H2,1H3,(H,17,19). The van der Waals surface area contributed by atoms with Gasteiger partial charge in [-0.15, -0.1) is 0 Å². The van der Waals surface area contributed by atoms with E-state index in [1.807, 2.05) is 6.92 Å². The lowest BCUT2D eigenvalue weighted by Gasteiger charge is -2.07. The van der Waals surface area contributed by atoms with Crippen LogP contribution in [0.1, 0.15) is 12.1 Å². The summed E-state index contributed by atoms with van der Waals surface area (Å²) in [5.41, 5.74) is 7.83. The van der Waals surface area contributed by atoms with Gasteiger partial charge >= 0.3 is 0 Å². The van der Waals surface area contributed by atoms with Crippen LogP contribution in [0.4, 0.5) is 11.4 Å². The van der Waals surface area contributed by atoms with Gasteiger partial charge in [-0.2, -0.15) is 5.10 Å². The number of halogens is 1. The topological polar surface area (TPSA) is 72.9 Å². The molecule has 1 aromatic heterocycles. The van der Waals surface area contributed by atoms with E-state index in [9.17, 15) is 4.79 Å². The Morgan fingerprint density at radius 1 is 1.42 bits per heavy atom. The zero-order valence-corrected chi connectivity index (χ0v) is 11.3. The van der Waals surface area contributed by atoms with Crippen molar-refractivity contribution in [2.75, 3.05) is 11.1 Å². The number of aryl methyl sites for hydroxylation is 1. The van der Waals surface area contributed by atoms with E-state index < -0.39 is 0 Å². The molecule has 2 rings (SSSR count). The number of carbonyl (C=O) groups is 1. The highest BCUT2D eigenvalue weighted by molar-refractivity contribution is 6.31. The van der Waals surface area contributed by atoms with Crippen LogP contribution in [0.5, 0.6) is 0 Å². The number of nitrogens with one attached hydrogen (secondary N) is 1. The van der Waals surface area contributed by atoms with E-state index in [0.29, 0.717) is 23.7 Å². The molecule has 0 unspecified atom stereocenters. The monoisotopic (exact) mass is 278 g/mol. The molecular formula is C13H15ClN4O. The summed E-state index contributed by atoms with van der Waals surface area (Å²) in [6, 6.07) is 7.02. The third kappa shape index (κ3) is 3.48. The zero-order chi connectivity index (χ0) is 13.8. The number of aromatic nitrogens is 2. The minimum absolute atomic E-state index is 0.0733. The molecule has 0 aliphatic carbocycles. The molecule has 0 aliphatic heterocycles. The molecule has 1 amide bonds. The summed E-state index contributed by atoms with van der Waals surface area (Å²) in [6.07, 6.45) is 1.91. The molecule has 19 heavy (non-hydrogen) atoms. The van der Waals surface area contributed by atoms with E-state index in [2.05, 4.69) is 10.4 Å². The predicted molar refractivity (Wildman–Crippen MR) is 76.1 cm³/mol. The molecule has 0 aliphatic rings. The van der Waals surface area contributed by atoms with Crippen LogP contribution in [0.15, 0.2) is 30.5 Å². The fraction of sp³-hybridized carbons (Fsp3) is 0.231. The maximum atomic E-state index is 11.8. The Bertz CT molecular complexity index is 577. The second-order valence-corrected chi connectivity index (χ2v) is 4.63. The Kier molecular flexibility index (Phi) is 4.06. The summed E-state index contributed by atoms with van der Waals surface area (Å²) in [7, 11) is 0. The number of hydrogen-bond donors (Lipinski definition) is 2. The van der Waals surface area contributed by atoms with Gasteiger partial charge < -0.3 is 11.1 Å². The lowest BCUT2D eigenvalue weighted by atomic mass is 10.3. The van der Waals surface area contributed by atoms with E-state index in [-0.39, 0.29) is 5.91 Å². The first-order valence-corrected chi connectivity index (χ1v) is 6.27. The fourth-order valence-electron chi connectivity index (χ4n) is 1.65. The van der Waals surface area contributed by atoms with Crippen LogP contribution in [0.3, 0.4) is 0 Å². The Labute approximate surface area is 116 Å². The van der Waals surface area contributed by atoms with Crippen molar-refractivity contribution in [1.29, 1.82) is 0 Å². The van der Waals surface area contributed by atoms with Crippen molar-refractivity contribution in [3.8, 4) is 0 Å². The van der Waals surface area contributed by atoms with E-state index in [1.165, 1.54) is 0 Å². The average Bonchev–Trinajstić information content (AvgIpc) is 2.70. The molecule has 6 heteroatoms. The van der Waals surface area contributed by atoms with Crippen molar-refractivity contribution in [3.05, 3.63) is 41.2 Å². The number of hydrogen-bond acceptors (Lipinski definition) is 3. The highest BCUT2D eigenvalue weighted by atomic mass is 35.5. The second kappa shape index (κ2) is 5.75. The van der Waals surface area contributed by atoms with Crippen LogP contribution < -0.4 is 11.1 Å². The fourth-order valence-corrected chi connectivity index (χ4v) is 1.79. The molecule has 0 fully saturated rings. The molecule has 1 aromatic carbocycles. The van der Waals surface area contributed by atoms with Crippen LogP contribution in [-0.4, -0.2) is 15.7 Å². The summed E-state index contributed by atoms with van der Waals surface area (Å²) in [5.74, 6) is -0.0733. The largest absolute Gasteiger partial charge is 0.399 e. The van der Waals surface area contributed by atoms with Crippen molar-refractivity contribution in [1.82, 2.24) is 9.78 Å². The van der Waals surface area contributed by atoms with Gasteiger partial charge in [0.25, 0.3) is 0 Å². The van der Waals surface area contributed by atoms with E-state index >= 15 is 0 Å². The maximum absolute atomic E-state index is 11.8. The maximum Gasteiger partial charge on any atom is 0.226 e. The number of rotatable bonds is 4. The average molecular weight is 279 g/mol. The van der Waals surface area contributed by atoms with Gasteiger partial charge in [0.1, 0.15) is 0 Å². The number of anilines is 2. The van der Waals surface area contributed by atoms with Crippen molar-refractivity contribution in [3.63, 3.8) is 0 Å². The van der Waals surface area contributed by atoms with Crippen molar-refractivity contribution >= 4 is 28.9 Å². The van der Waals surface area contributed by atoms with Crippen LogP contribution in [-0.2, 0) is 11.3 Å². The molecule has 3 N–H and O–H groups in total. The first-order chi connectivity index (χ1) is 9.06. The zero-order valence-electron chi connectivity index (χ0n) is 10.6. The van der Waals surface area contributed by atoms with Gasteiger partial charge in [-0.05, 0) is 31.2 Å². The molecule has 2 aromatic rings. The van der Waals surface area contributed by atoms with Gasteiger partial charge in [-0.25, -0.2) is 0 Å². The smallest absolute Gasteiger partial charge is 0.226 e. The Hall–Kier alpha value is -2.01. The third-order valence-corrected chi connectivity index (χ3v) is 3.16. The quantitative estimate of drug-likeness (QED) is 0.844. The van der Waals surface area contributed by atoms with E-state index in [0.717, 1.165) is 11.4 Å². The molecule has 0 saturated carbocycles. The van der Waals surface area contributed by atoms with Crippen LogP contribution in [0.25, 0.3) is 0 Å². The molecule has 100 valence electrons. The lowest BCUT2D eigenvalue weighted by molar-refractivity contribution is -0.116. The number of nitrogens with zero attached hydrogens (tertiary/aromatic N) is 2. The molecule has 0 spiro atoms. The normalized spacial score (nSPS) is 10.4. The molecule has 1 heterocycles. The molecule has 0 bridgehead atoms. The minimum Gasteiger partial charge on any atom is -0.399 e. The highest BCUT2D eigenvalue weighted by Crippen LogP contribution is 2.14. The molecular weight excluding hydrogens is 264 g/mol. The molecule has 0 saturated heterocycles. The van der Waals surface area contributed by atoms with Gasteiger partial charge in [-0.3, -0.25) is 9.48 Å². The molecule has 0 radical (unpaired) electrons. The first kappa shape index (κ1) is 13.4. The van der Waals surface area contributed by atoms with Crippen LogP contribution in [0, 0.1) is 6.92 Å². The number of amides is 1. The van der Waals surface area contributed by atoms with E-state index in [1.54, 1.807) is 35.1 Å².